The van der Waals surface area contributed by atoms with Crippen LogP contribution in [0.15, 0.2) is 66.7 Å². The first kappa shape index (κ1) is 25.9. The summed E-state index contributed by atoms with van der Waals surface area (Å²) in [5.41, 5.74) is 4.13. The lowest BCUT2D eigenvalue weighted by molar-refractivity contribution is 0.0544. The zero-order valence-electron chi connectivity index (χ0n) is 21.5. The molecule has 1 aromatic heterocycles. The molecule has 0 radical (unpaired) electrons. The number of aromatic nitrogens is 1. The molecule has 0 aliphatic rings. The molecule has 0 atom stereocenters. The first-order valence-electron chi connectivity index (χ1n) is 13.0. The third-order valence-corrected chi connectivity index (χ3v) is 6.15. The van der Waals surface area contributed by atoms with Crippen molar-refractivity contribution in [2.24, 2.45) is 0 Å². The van der Waals surface area contributed by atoms with Crippen LogP contribution in [-0.2, 0) is 9.47 Å². The number of unbranched alkanes of at least 4 members (excludes halogenated alkanes) is 4. The molecule has 0 saturated heterocycles. The van der Waals surface area contributed by atoms with E-state index in [9.17, 15) is 0 Å². The highest BCUT2D eigenvalue weighted by atomic mass is 16.7. The van der Waals surface area contributed by atoms with E-state index >= 15 is 0 Å². The Morgan fingerprint density at radius 2 is 1.44 bits per heavy atom. The molecule has 4 aromatic rings. The molecule has 0 aliphatic heterocycles. The van der Waals surface area contributed by atoms with Crippen molar-refractivity contribution in [1.29, 1.82) is 0 Å². The predicted octanol–water partition coefficient (Wildman–Crippen LogP) is 6.98. The van der Waals surface area contributed by atoms with Gasteiger partial charge in [0.05, 0.1) is 30.9 Å². The molecule has 0 fully saturated rings. The highest BCUT2D eigenvalue weighted by molar-refractivity contribution is 6.09. The molecular formula is C30H38N2O4. The van der Waals surface area contributed by atoms with Gasteiger partial charge < -0.3 is 24.4 Å². The summed E-state index contributed by atoms with van der Waals surface area (Å²) in [6.45, 7) is 5.08. The van der Waals surface area contributed by atoms with Crippen molar-refractivity contribution in [2.45, 2.75) is 39.0 Å². The zero-order valence-corrected chi connectivity index (χ0v) is 21.5. The van der Waals surface area contributed by atoms with E-state index in [4.69, 9.17) is 19.0 Å². The van der Waals surface area contributed by atoms with E-state index in [1.807, 2.05) is 29.0 Å². The highest BCUT2D eigenvalue weighted by Gasteiger charge is 2.14. The number of hydrogen-bond acceptors (Lipinski definition) is 5. The molecule has 0 spiro atoms. The van der Waals surface area contributed by atoms with Gasteiger partial charge >= 0.3 is 0 Å². The number of rotatable bonds is 16. The van der Waals surface area contributed by atoms with Gasteiger partial charge in [-0.25, -0.2) is 0 Å². The van der Waals surface area contributed by atoms with Gasteiger partial charge in [-0.3, -0.25) is 0 Å². The minimum atomic E-state index is 0.485. The Labute approximate surface area is 214 Å². The van der Waals surface area contributed by atoms with Crippen LogP contribution in [0.4, 0.5) is 11.4 Å². The lowest BCUT2D eigenvalue weighted by Crippen LogP contribution is -2.13. The second kappa shape index (κ2) is 13.8. The molecule has 0 aliphatic carbocycles. The fourth-order valence-electron chi connectivity index (χ4n) is 4.28. The second-order valence-corrected chi connectivity index (χ2v) is 8.90. The molecule has 0 saturated carbocycles. The van der Waals surface area contributed by atoms with Gasteiger partial charge in [0.1, 0.15) is 19.0 Å². The number of benzene rings is 3. The van der Waals surface area contributed by atoms with Crippen molar-refractivity contribution in [3.8, 4) is 5.75 Å². The lowest BCUT2D eigenvalue weighted by Gasteiger charge is -2.12. The van der Waals surface area contributed by atoms with Crippen molar-refractivity contribution < 1.29 is 19.0 Å². The third-order valence-electron chi connectivity index (χ3n) is 6.15. The van der Waals surface area contributed by atoms with Crippen molar-refractivity contribution in [1.82, 2.24) is 4.73 Å². The number of anilines is 2. The zero-order chi connectivity index (χ0) is 25.0. The van der Waals surface area contributed by atoms with E-state index < -0.39 is 0 Å². The fourth-order valence-corrected chi connectivity index (χ4v) is 4.28. The quantitative estimate of drug-likeness (QED) is 0.172. The maximum Gasteiger partial charge on any atom is 0.121 e. The van der Waals surface area contributed by atoms with E-state index in [-0.39, 0.29) is 0 Å². The van der Waals surface area contributed by atoms with Gasteiger partial charge in [-0.2, -0.15) is 4.73 Å². The Hall–Kier alpha value is -3.22. The Morgan fingerprint density at radius 1 is 0.694 bits per heavy atom. The summed E-state index contributed by atoms with van der Waals surface area (Å²) in [5, 5.41) is 5.80. The minimum absolute atomic E-state index is 0.485. The van der Waals surface area contributed by atoms with Gasteiger partial charge in [0.2, 0.25) is 0 Å². The van der Waals surface area contributed by atoms with Crippen molar-refractivity contribution in [3.63, 3.8) is 0 Å². The summed E-state index contributed by atoms with van der Waals surface area (Å²) in [7, 11) is 1.67. The van der Waals surface area contributed by atoms with Crippen LogP contribution >= 0.6 is 0 Å². The van der Waals surface area contributed by atoms with Crippen LogP contribution in [0, 0.1) is 0 Å². The molecular weight excluding hydrogens is 452 g/mol. The van der Waals surface area contributed by atoms with Crippen LogP contribution in [0.3, 0.4) is 0 Å². The smallest absolute Gasteiger partial charge is 0.121 e. The van der Waals surface area contributed by atoms with Crippen LogP contribution in [0.25, 0.3) is 21.8 Å². The van der Waals surface area contributed by atoms with Gasteiger partial charge in [-0.1, -0.05) is 50.5 Å². The van der Waals surface area contributed by atoms with Gasteiger partial charge in [-0.15, -0.1) is 0 Å². The minimum Gasteiger partial charge on any atom is -0.491 e. The molecule has 192 valence electrons. The number of methoxy groups -OCH3 is 1. The topological polar surface area (TPSA) is 53.9 Å². The largest absolute Gasteiger partial charge is 0.491 e. The van der Waals surface area contributed by atoms with E-state index in [0.717, 1.165) is 45.4 Å². The number of nitrogens with one attached hydrogen (secondary N) is 1. The van der Waals surface area contributed by atoms with Crippen molar-refractivity contribution >= 4 is 33.2 Å². The standard InChI is InChI=1S/C30H38N2O4/c1-3-4-5-6-10-17-36-32-29-22-25(31-24-11-8-7-9-12-24)13-15-27(29)28-16-14-26(23-30(28)32)35-21-20-34-19-18-33-2/h7-9,11-16,22-23,31H,3-6,10,17-21H2,1-2H3. The number of fused-ring (bicyclic) bond motifs is 3. The van der Waals surface area contributed by atoms with E-state index in [0.29, 0.717) is 33.0 Å². The maximum absolute atomic E-state index is 6.38. The first-order chi connectivity index (χ1) is 17.8. The average Bonchev–Trinajstić information content (AvgIpc) is 3.21. The van der Waals surface area contributed by atoms with Gasteiger partial charge in [-0.05, 0) is 49.2 Å². The highest BCUT2D eigenvalue weighted by Crippen LogP contribution is 2.33. The molecule has 3 aromatic carbocycles. The number of para-hydroxylation sites is 1. The molecule has 1 N–H and O–H groups in total. The molecule has 0 bridgehead atoms. The van der Waals surface area contributed by atoms with Crippen LogP contribution in [-0.4, -0.2) is 44.9 Å². The Balaban J connectivity index is 1.56. The maximum atomic E-state index is 6.38. The van der Waals surface area contributed by atoms with Crippen LogP contribution in [0.2, 0.25) is 0 Å². The number of ether oxygens (including phenoxy) is 3. The summed E-state index contributed by atoms with van der Waals surface area (Å²) >= 11 is 0. The summed E-state index contributed by atoms with van der Waals surface area (Å²) in [6, 6.07) is 22.8. The molecule has 0 amide bonds. The second-order valence-electron chi connectivity index (χ2n) is 8.90. The summed E-state index contributed by atoms with van der Waals surface area (Å²) in [4.78, 5) is 6.38. The van der Waals surface area contributed by atoms with E-state index in [1.54, 1.807) is 7.11 Å². The predicted molar refractivity (Wildman–Crippen MR) is 148 cm³/mol. The lowest BCUT2D eigenvalue weighted by atomic mass is 10.1. The van der Waals surface area contributed by atoms with E-state index in [2.05, 4.69) is 54.7 Å². The molecule has 0 unspecified atom stereocenters. The van der Waals surface area contributed by atoms with Crippen LogP contribution < -0.4 is 14.9 Å². The summed E-state index contributed by atoms with van der Waals surface area (Å²) in [5.74, 6) is 0.802. The summed E-state index contributed by atoms with van der Waals surface area (Å²) in [6.07, 6.45) is 5.99. The molecule has 4 rings (SSSR count). The monoisotopic (exact) mass is 490 g/mol. The van der Waals surface area contributed by atoms with Gasteiger partial charge in [0, 0.05) is 35.3 Å². The Bertz CT molecular complexity index is 1210. The normalized spacial score (nSPS) is 11.3. The molecule has 6 heteroatoms. The van der Waals surface area contributed by atoms with Crippen molar-refractivity contribution in [2.75, 3.05) is 45.5 Å². The Morgan fingerprint density at radius 3 is 2.25 bits per heavy atom. The first-order valence-corrected chi connectivity index (χ1v) is 13.0. The molecule has 1 heterocycles. The summed E-state index contributed by atoms with van der Waals surface area (Å²) < 4.78 is 18.5. The number of hydrogen-bond donors (Lipinski definition) is 1. The average molecular weight is 491 g/mol. The Kier molecular flexibility index (Phi) is 9.88. The third kappa shape index (κ3) is 6.93. The van der Waals surface area contributed by atoms with Gasteiger partial charge in [0.15, 0.2) is 0 Å². The van der Waals surface area contributed by atoms with Crippen molar-refractivity contribution in [3.05, 3.63) is 66.7 Å². The van der Waals surface area contributed by atoms with Gasteiger partial charge in [0.25, 0.3) is 0 Å². The van der Waals surface area contributed by atoms with Crippen LogP contribution in [0.1, 0.15) is 39.0 Å². The number of nitrogens with zero attached hydrogens (tertiary/aromatic N) is 1. The molecule has 36 heavy (non-hydrogen) atoms. The fraction of sp³-hybridized carbons (Fsp3) is 0.400. The molecule has 6 nitrogen and oxygen atoms in total. The van der Waals surface area contributed by atoms with E-state index in [1.165, 1.54) is 25.7 Å². The van der Waals surface area contributed by atoms with Crippen LogP contribution in [0.5, 0.6) is 5.75 Å². The SMILES string of the molecule is CCCCCCCOn1c2cc(Nc3ccccc3)ccc2c2ccc(OCCOCCOC)cc21.